The van der Waals surface area contributed by atoms with Crippen LogP contribution in [0.5, 0.6) is 5.88 Å². The molecule has 0 aliphatic heterocycles. The number of hydrogen-bond acceptors (Lipinski definition) is 5. The first-order valence-corrected chi connectivity index (χ1v) is 5.59. The van der Waals surface area contributed by atoms with E-state index in [2.05, 4.69) is 22.3 Å². The third-order valence-corrected chi connectivity index (χ3v) is 2.41. The van der Waals surface area contributed by atoms with E-state index >= 15 is 0 Å². The van der Waals surface area contributed by atoms with Gasteiger partial charge in [-0.1, -0.05) is 0 Å². The molecule has 0 saturated carbocycles. The average Bonchev–Trinajstić information content (AvgIpc) is 2.34. The predicted molar refractivity (Wildman–Crippen MR) is 60.6 cm³/mol. The molecule has 8 heteroatoms. The number of rotatable bonds is 5. The van der Waals surface area contributed by atoms with Gasteiger partial charge in [-0.3, -0.25) is 0 Å². The van der Waals surface area contributed by atoms with Crippen molar-refractivity contribution in [2.75, 3.05) is 12.4 Å². The van der Waals surface area contributed by atoms with Gasteiger partial charge in [0.05, 0.1) is 6.10 Å². The Bertz CT molecular complexity index is 372. The zero-order valence-corrected chi connectivity index (χ0v) is 10.0. The molecule has 1 aromatic rings. The number of ether oxygens (including phenoxy) is 1. The van der Waals surface area contributed by atoms with E-state index in [1.165, 1.54) is 12.1 Å². The molecule has 0 fully saturated rings. The summed E-state index contributed by atoms with van der Waals surface area (Å²) in [6.45, 7) is -1.43. The summed E-state index contributed by atoms with van der Waals surface area (Å²) in [7, 11) is 0. The molecule has 0 bridgehead atoms. The highest BCUT2D eigenvalue weighted by Gasteiger charge is 2.28. The molecule has 18 heavy (non-hydrogen) atoms. The van der Waals surface area contributed by atoms with Crippen molar-refractivity contribution in [3.8, 4) is 5.88 Å². The topological polar surface area (TPSA) is 62.6 Å². The summed E-state index contributed by atoms with van der Waals surface area (Å²) in [5, 5.41) is 18.9. The van der Waals surface area contributed by atoms with Crippen molar-refractivity contribution in [2.24, 2.45) is 0 Å². The van der Waals surface area contributed by atoms with Crippen LogP contribution in [-0.4, -0.2) is 39.8 Å². The lowest BCUT2D eigenvalue weighted by atomic mass is 10.1. The Morgan fingerprint density at radius 2 is 2.00 bits per heavy atom. The van der Waals surface area contributed by atoms with E-state index in [0.717, 1.165) is 6.20 Å². The van der Waals surface area contributed by atoms with Gasteiger partial charge in [-0.25, -0.2) is 4.98 Å². The number of pyridine rings is 1. The first kappa shape index (κ1) is 15.1. The van der Waals surface area contributed by atoms with Gasteiger partial charge >= 0.3 is 6.18 Å². The molecule has 0 amide bonds. The Kier molecular flexibility index (Phi) is 5.24. The molecule has 102 valence electrons. The summed E-state index contributed by atoms with van der Waals surface area (Å²) in [6.07, 6.45) is -5.55. The molecule has 0 aliphatic rings. The molecule has 1 aromatic heterocycles. The first-order chi connectivity index (χ1) is 8.33. The maximum Gasteiger partial charge on any atom is 0.422 e. The van der Waals surface area contributed by atoms with Crippen LogP contribution in [0, 0.1) is 0 Å². The van der Waals surface area contributed by atoms with Crippen molar-refractivity contribution in [3.05, 3.63) is 23.9 Å². The SMILES string of the molecule is OC(CS)C(O)c1ccc(OCC(F)(F)F)nc1. The van der Waals surface area contributed by atoms with Crippen molar-refractivity contribution in [1.82, 2.24) is 4.98 Å². The van der Waals surface area contributed by atoms with E-state index in [9.17, 15) is 23.4 Å². The second kappa shape index (κ2) is 6.26. The zero-order chi connectivity index (χ0) is 13.8. The van der Waals surface area contributed by atoms with Gasteiger partial charge in [-0.15, -0.1) is 0 Å². The molecule has 0 radical (unpaired) electrons. The lowest BCUT2D eigenvalue weighted by Crippen LogP contribution is -2.21. The number of alkyl halides is 3. The highest BCUT2D eigenvalue weighted by Crippen LogP contribution is 2.20. The van der Waals surface area contributed by atoms with Crippen molar-refractivity contribution in [1.29, 1.82) is 0 Å². The van der Waals surface area contributed by atoms with Gasteiger partial charge in [0.2, 0.25) is 5.88 Å². The molecule has 1 heterocycles. The Balaban J connectivity index is 2.63. The fourth-order valence-corrected chi connectivity index (χ4v) is 1.33. The minimum atomic E-state index is -4.43. The molecule has 2 atom stereocenters. The van der Waals surface area contributed by atoms with Gasteiger partial charge in [-0.2, -0.15) is 25.8 Å². The number of halogens is 3. The van der Waals surface area contributed by atoms with Gasteiger partial charge in [0.15, 0.2) is 6.61 Å². The monoisotopic (exact) mass is 283 g/mol. The van der Waals surface area contributed by atoms with Crippen LogP contribution < -0.4 is 4.74 Å². The summed E-state index contributed by atoms with van der Waals surface area (Å²) < 4.78 is 40.0. The molecule has 0 saturated heterocycles. The van der Waals surface area contributed by atoms with Crippen molar-refractivity contribution in [2.45, 2.75) is 18.4 Å². The van der Waals surface area contributed by atoms with Gasteiger partial charge in [-0.05, 0) is 6.07 Å². The molecule has 0 aliphatic carbocycles. The lowest BCUT2D eigenvalue weighted by molar-refractivity contribution is -0.154. The third kappa shape index (κ3) is 4.71. The van der Waals surface area contributed by atoms with Crippen LogP contribution in [0.4, 0.5) is 13.2 Å². The Morgan fingerprint density at radius 3 is 2.44 bits per heavy atom. The Labute approximate surface area is 107 Å². The minimum Gasteiger partial charge on any atom is -0.468 e. The smallest absolute Gasteiger partial charge is 0.422 e. The lowest BCUT2D eigenvalue weighted by Gasteiger charge is -2.16. The quantitative estimate of drug-likeness (QED) is 0.714. The van der Waals surface area contributed by atoms with Crippen molar-refractivity contribution >= 4 is 12.6 Å². The molecule has 4 nitrogen and oxygen atoms in total. The summed E-state index contributed by atoms with van der Waals surface area (Å²) in [4.78, 5) is 3.60. The van der Waals surface area contributed by atoms with E-state index in [4.69, 9.17) is 0 Å². The van der Waals surface area contributed by atoms with Crippen LogP contribution >= 0.6 is 12.6 Å². The van der Waals surface area contributed by atoms with Gasteiger partial charge in [0, 0.05) is 23.6 Å². The standard InChI is InChI=1S/C10H12F3NO3S/c11-10(12,13)5-17-8-2-1-6(3-14-8)9(16)7(15)4-18/h1-3,7,9,15-16,18H,4-5H2. The molecular formula is C10H12F3NO3S. The third-order valence-electron chi connectivity index (χ3n) is 2.04. The number of aliphatic hydroxyl groups excluding tert-OH is 2. The molecular weight excluding hydrogens is 271 g/mol. The van der Waals surface area contributed by atoms with Crippen LogP contribution in [0.1, 0.15) is 11.7 Å². The van der Waals surface area contributed by atoms with Crippen molar-refractivity contribution < 1.29 is 28.1 Å². The van der Waals surface area contributed by atoms with E-state index in [0.29, 0.717) is 0 Å². The largest absolute Gasteiger partial charge is 0.468 e. The van der Waals surface area contributed by atoms with Gasteiger partial charge < -0.3 is 14.9 Å². The highest BCUT2D eigenvalue weighted by atomic mass is 32.1. The predicted octanol–water partition coefficient (Wildman–Crippen LogP) is 1.35. The summed E-state index contributed by atoms with van der Waals surface area (Å²) in [6, 6.07) is 2.52. The summed E-state index contributed by atoms with van der Waals surface area (Å²) >= 11 is 3.81. The van der Waals surface area contributed by atoms with Gasteiger partial charge in [0.1, 0.15) is 6.10 Å². The van der Waals surface area contributed by atoms with Crippen LogP contribution in [0.25, 0.3) is 0 Å². The minimum absolute atomic E-state index is 0.0491. The van der Waals surface area contributed by atoms with Crippen LogP contribution in [0.2, 0.25) is 0 Å². The molecule has 1 rings (SSSR count). The molecule has 2 N–H and O–H groups in total. The summed E-state index contributed by atoms with van der Waals surface area (Å²) in [5.74, 6) is -0.156. The average molecular weight is 283 g/mol. The number of aliphatic hydroxyl groups is 2. The van der Waals surface area contributed by atoms with Crippen molar-refractivity contribution in [3.63, 3.8) is 0 Å². The van der Waals surface area contributed by atoms with E-state index in [1.54, 1.807) is 0 Å². The number of aromatic nitrogens is 1. The fourth-order valence-electron chi connectivity index (χ4n) is 1.13. The van der Waals surface area contributed by atoms with Crippen LogP contribution in [0.3, 0.4) is 0 Å². The normalized spacial score (nSPS) is 15.2. The second-order valence-corrected chi connectivity index (χ2v) is 3.89. The maximum atomic E-state index is 11.9. The molecule has 2 unspecified atom stereocenters. The van der Waals surface area contributed by atoms with E-state index in [1.807, 2.05) is 0 Å². The number of thiol groups is 1. The molecule has 0 aromatic carbocycles. The number of nitrogens with zero attached hydrogens (tertiary/aromatic N) is 1. The van der Waals surface area contributed by atoms with Crippen LogP contribution in [0.15, 0.2) is 18.3 Å². The number of hydrogen-bond donors (Lipinski definition) is 3. The highest BCUT2D eigenvalue weighted by molar-refractivity contribution is 7.80. The molecule has 0 spiro atoms. The Hall–Kier alpha value is -0.990. The summed E-state index contributed by atoms with van der Waals surface area (Å²) in [5.41, 5.74) is 0.274. The first-order valence-electron chi connectivity index (χ1n) is 4.96. The maximum absolute atomic E-state index is 11.9. The van der Waals surface area contributed by atoms with E-state index < -0.39 is 25.0 Å². The second-order valence-electron chi connectivity index (χ2n) is 3.53. The van der Waals surface area contributed by atoms with Gasteiger partial charge in [0.25, 0.3) is 0 Å². The van der Waals surface area contributed by atoms with Crippen LogP contribution in [-0.2, 0) is 0 Å². The zero-order valence-electron chi connectivity index (χ0n) is 9.13. The Morgan fingerprint density at radius 1 is 1.33 bits per heavy atom. The fraction of sp³-hybridized carbons (Fsp3) is 0.500. The van der Waals surface area contributed by atoms with E-state index in [-0.39, 0.29) is 17.2 Å².